The number of nitrogens with zero attached hydrogens (tertiary/aromatic N) is 2. The summed E-state index contributed by atoms with van der Waals surface area (Å²) in [5, 5.41) is 4.03. The Labute approximate surface area is 168 Å². The van der Waals surface area contributed by atoms with Gasteiger partial charge in [0.25, 0.3) is 0 Å². The van der Waals surface area contributed by atoms with Crippen LogP contribution in [0.3, 0.4) is 0 Å². The van der Waals surface area contributed by atoms with Gasteiger partial charge in [-0.3, -0.25) is 0 Å². The summed E-state index contributed by atoms with van der Waals surface area (Å²) in [6.07, 6.45) is 0.891. The highest BCUT2D eigenvalue weighted by atomic mass is 35.5. The van der Waals surface area contributed by atoms with Gasteiger partial charge in [0.15, 0.2) is 5.17 Å². The SMILES string of the molecule is Clc1cccc2c1CCN1C(c3ccc(-c4ccccc4)cc3)=CSC1=N2. The van der Waals surface area contributed by atoms with Crippen LogP contribution in [0.5, 0.6) is 0 Å². The molecule has 27 heavy (non-hydrogen) atoms. The van der Waals surface area contributed by atoms with Crippen LogP contribution in [0.15, 0.2) is 83.2 Å². The number of rotatable bonds is 2. The Balaban J connectivity index is 1.44. The standard InChI is InChI=1S/C23H17ClN2S/c24-20-7-4-8-21-19(20)13-14-26-22(15-27-23(26)25-21)18-11-9-17(10-12-18)16-5-2-1-3-6-16/h1-12,15H,13-14H2. The Morgan fingerprint density at radius 2 is 1.56 bits per heavy atom. The topological polar surface area (TPSA) is 15.6 Å². The fraction of sp³-hybridized carbons (Fsp3) is 0.0870. The van der Waals surface area contributed by atoms with Crippen LogP contribution < -0.4 is 0 Å². The maximum absolute atomic E-state index is 6.39. The summed E-state index contributed by atoms with van der Waals surface area (Å²) in [5.74, 6) is 0. The summed E-state index contributed by atoms with van der Waals surface area (Å²) >= 11 is 8.07. The maximum atomic E-state index is 6.39. The van der Waals surface area contributed by atoms with Crippen molar-refractivity contribution in [2.75, 3.05) is 6.54 Å². The number of hydrogen-bond donors (Lipinski definition) is 0. The monoisotopic (exact) mass is 388 g/mol. The van der Waals surface area contributed by atoms with Crippen molar-refractivity contribution < 1.29 is 0 Å². The summed E-state index contributed by atoms with van der Waals surface area (Å²) in [7, 11) is 0. The quantitative estimate of drug-likeness (QED) is 0.491. The van der Waals surface area contributed by atoms with Gasteiger partial charge in [0.2, 0.25) is 0 Å². The van der Waals surface area contributed by atoms with Gasteiger partial charge in [0, 0.05) is 17.0 Å². The average molecular weight is 389 g/mol. The molecular weight excluding hydrogens is 372 g/mol. The molecule has 0 bridgehead atoms. The zero-order chi connectivity index (χ0) is 18.2. The van der Waals surface area contributed by atoms with Crippen LogP contribution in [0.1, 0.15) is 11.1 Å². The molecule has 5 rings (SSSR count). The molecule has 0 aromatic heterocycles. The van der Waals surface area contributed by atoms with Crippen LogP contribution in [-0.2, 0) is 6.42 Å². The zero-order valence-corrected chi connectivity index (χ0v) is 16.2. The minimum absolute atomic E-state index is 0.806. The van der Waals surface area contributed by atoms with Crippen LogP contribution >= 0.6 is 23.4 Å². The van der Waals surface area contributed by atoms with E-state index >= 15 is 0 Å². The van der Waals surface area contributed by atoms with Crippen molar-refractivity contribution in [1.29, 1.82) is 0 Å². The Bertz CT molecular complexity index is 1060. The van der Waals surface area contributed by atoms with E-state index in [2.05, 4.69) is 58.8 Å². The summed E-state index contributed by atoms with van der Waals surface area (Å²) in [6.45, 7) is 0.884. The van der Waals surface area contributed by atoms with Gasteiger partial charge in [-0.1, -0.05) is 84.0 Å². The third-order valence-electron chi connectivity index (χ3n) is 4.98. The molecule has 4 heteroatoms. The smallest absolute Gasteiger partial charge is 0.173 e. The average Bonchev–Trinajstić information content (AvgIpc) is 3.01. The summed E-state index contributed by atoms with van der Waals surface area (Å²) in [4.78, 5) is 7.18. The molecule has 0 unspecified atom stereocenters. The fourth-order valence-electron chi connectivity index (χ4n) is 3.56. The van der Waals surface area contributed by atoms with Crippen LogP contribution in [-0.4, -0.2) is 16.6 Å². The molecule has 3 aromatic carbocycles. The molecule has 132 valence electrons. The number of fused-ring (bicyclic) bond motifs is 2. The van der Waals surface area contributed by atoms with E-state index in [1.807, 2.05) is 24.3 Å². The molecule has 0 N–H and O–H groups in total. The number of benzene rings is 3. The molecule has 3 aromatic rings. The van der Waals surface area contributed by atoms with Crippen LogP contribution in [0.25, 0.3) is 16.8 Å². The highest BCUT2D eigenvalue weighted by Crippen LogP contribution is 2.39. The van der Waals surface area contributed by atoms with Crippen LogP contribution in [0, 0.1) is 0 Å². The molecule has 0 aliphatic carbocycles. The van der Waals surface area contributed by atoms with Gasteiger partial charge in [-0.05, 0) is 40.8 Å². The first-order valence-corrected chi connectivity index (χ1v) is 10.2. The fourth-order valence-corrected chi connectivity index (χ4v) is 4.77. The summed E-state index contributed by atoms with van der Waals surface area (Å²) < 4.78 is 0. The van der Waals surface area contributed by atoms with Gasteiger partial charge in [-0.25, -0.2) is 4.99 Å². The second-order valence-electron chi connectivity index (χ2n) is 6.60. The van der Waals surface area contributed by atoms with Crippen LogP contribution in [0.4, 0.5) is 5.69 Å². The van der Waals surface area contributed by atoms with Crippen molar-refractivity contribution in [2.45, 2.75) is 6.42 Å². The van der Waals surface area contributed by atoms with Gasteiger partial charge in [-0.2, -0.15) is 0 Å². The second-order valence-corrected chi connectivity index (χ2v) is 7.84. The van der Waals surface area contributed by atoms with Gasteiger partial charge in [0.1, 0.15) is 0 Å². The highest BCUT2D eigenvalue weighted by molar-refractivity contribution is 8.16. The first-order chi connectivity index (χ1) is 13.3. The molecule has 0 atom stereocenters. The Morgan fingerprint density at radius 3 is 2.37 bits per heavy atom. The second kappa shape index (κ2) is 6.91. The lowest BCUT2D eigenvalue weighted by molar-refractivity contribution is 0.601. The first-order valence-electron chi connectivity index (χ1n) is 8.96. The van der Waals surface area contributed by atoms with Crippen molar-refractivity contribution in [3.63, 3.8) is 0 Å². The van der Waals surface area contributed by atoms with Gasteiger partial charge >= 0.3 is 0 Å². The third-order valence-corrected chi connectivity index (χ3v) is 6.20. The number of thioether (sulfide) groups is 1. The van der Waals surface area contributed by atoms with E-state index in [9.17, 15) is 0 Å². The first kappa shape index (κ1) is 16.7. The molecule has 0 radical (unpaired) electrons. The molecular formula is C23H17ClN2S. The molecule has 0 fully saturated rings. The van der Waals surface area contributed by atoms with Crippen molar-refractivity contribution in [3.05, 3.63) is 94.4 Å². The van der Waals surface area contributed by atoms with E-state index in [4.69, 9.17) is 16.6 Å². The van der Waals surface area contributed by atoms with Crippen molar-refractivity contribution in [2.24, 2.45) is 4.99 Å². The molecule has 0 amide bonds. The number of aliphatic imine (C=N–C) groups is 1. The Kier molecular flexibility index (Phi) is 4.27. The highest BCUT2D eigenvalue weighted by Gasteiger charge is 2.27. The van der Waals surface area contributed by atoms with E-state index in [1.165, 1.54) is 22.4 Å². The number of amidine groups is 1. The lowest BCUT2D eigenvalue weighted by Gasteiger charge is -2.21. The van der Waals surface area contributed by atoms with E-state index in [0.717, 1.165) is 34.4 Å². The lowest BCUT2D eigenvalue weighted by atomic mass is 10.0. The van der Waals surface area contributed by atoms with E-state index < -0.39 is 0 Å². The predicted octanol–water partition coefficient (Wildman–Crippen LogP) is 6.60. The predicted molar refractivity (Wildman–Crippen MR) is 116 cm³/mol. The Morgan fingerprint density at radius 1 is 0.815 bits per heavy atom. The molecule has 0 saturated heterocycles. The lowest BCUT2D eigenvalue weighted by Crippen LogP contribution is -2.24. The van der Waals surface area contributed by atoms with E-state index in [-0.39, 0.29) is 0 Å². The molecule has 0 saturated carbocycles. The van der Waals surface area contributed by atoms with Gasteiger partial charge in [-0.15, -0.1) is 0 Å². The number of hydrogen-bond acceptors (Lipinski definition) is 3. The van der Waals surface area contributed by atoms with Crippen LogP contribution in [0.2, 0.25) is 5.02 Å². The third kappa shape index (κ3) is 3.07. The summed E-state index contributed by atoms with van der Waals surface area (Å²) in [6, 6.07) is 25.2. The van der Waals surface area contributed by atoms with Gasteiger partial charge < -0.3 is 4.90 Å². The maximum Gasteiger partial charge on any atom is 0.173 e. The molecule has 0 spiro atoms. The largest absolute Gasteiger partial charge is 0.319 e. The summed E-state index contributed by atoms with van der Waals surface area (Å²) in [5.41, 5.74) is 7.02. The van der Waals surface area contributed by atoms with E-state index in [0.29, 0.717) is 0 Å². The minimum atomic E-state index is 0.806. The zero-order valence-electron chi connectivity index (χ0n) is 14.6. The molecule has 2 aliphatic rings. The molecule has 2 aliphatic heterocycles. The minimum Gasteiger partial charge on any atom is -0.319 e. The molecule has 2 nitrogen and oxygen atoms in total. The van der Waals surface area contributed by atoms with Crippen molar-refractivity contribution in [1.82, 2.24) is 4.90 Å². The normalized spacial score (nSPS) is 15.5. The van der Waals surface area contributed by atoms with Crippen molar-refractivity contribution in [3.8, 4) is 11.1 Å². The number of halogens is 1. The van der Waals surface area contributed by atoms with Crippen molar-refractivity contribution >= 4 is 39.9 Å². The van der Waals surface area contributed by atoms with E-state index in [1.54, 1.807) is 11.8 Å². The molecule has 2 heterocycles. The Hall–Kier alpha value is -2.49. The van der Waals surface area contributed by atoms with Gasteiger partial charge in [0.05, 0.1) is 11.4 Å².